The van der Waals surface area contributed by atoms with Gasteiger partial charge >= 0.3 is 12.1 Å². The first-order valence-corrected chi connectivity index (χ1v) is 12.2. The molecule has 2 heterocycles. The molecule has 0 aromatic carbocycles. The topological polar surface area (TPSA) is 116 Å². The van der Waals surface area contributed by atoms with E-state index < -0.39 is 17.6 Å². The van der Waals surface area contributed by atoms with Crippen LogP contribution in [-0.2, 0) is 19.1 Å². The summed E-state index contributed by atoms with van der Waals surface area (Å²) in [6.45, 7) is 7.85. The zero-order valence-corrected chi connectivity index (χ0v) is 20.4. The van der Waals surface area contributed by atoms with Crippen LogP contribution in [0, 0.1) is 36.0 Å². The van der Waals surface area contributed by atoms with E-state index in [4.69, 9.17) is 16.3 Å². The van der Waals surface area contributed by atoms with Crippen molar-refractivity contribution in [2.45, 2.75) is 70.9 Å². The van der Waals surface area contributed by atoms with Gasteiger partial charge in [0.2, 0.25) is 11.8 Å². The van der Waals surface area contributed by atoms with Crippen molar-refractivity contribution in [3.05, 3.63) is 0 Å². The Kier molecular flexibility index (Phi) is 8.11. The van der Waals surface area contributed by atoms with Crippen LogP contribution < -0.4 is 5.32 Å². The average Bonchev–Trinajstić information content (AvgIpc) is 3.57. The molecule has 0 aromatic rings. The highest BCUT2D eigenvalue weighted by molar-refractivity contribution is 5.84. The number of ether oxygens (including phenoxy) is 1. The van der Waals surface area contributed by atoms with Crippen molar-refractivity contribution >= 4 is 23.9 Å². The SMILES string of the molecule is C#C[C@H](CC(=O)O)NC(=O)[C@@H]1CCCN(C(=O)[C@@H]2C[C@H]2C2CCN(C(=O)OC(C)(C)C)CC2)C1. The number of hydrogen-bond donors (Lipinski definition) is 2. The molecule has 3 fully saturated rings. The fraction of sp³-hybridized carbons (Fsp3) is 0.760. The van der Waals surface area contributed by atoms with Gasteiger partial charge in [-0.1, -0.05) is 5.92 Å². The van der Waals surface area contributed by atoms with Crippen LogP contribution in [0.15, 0.2) is 0 Å². The number of amides is 3. The van der Waals surface area contributed by atoms with E-state index in [1.165, 1.54) is 0 Å². The standard InChI is InChI=1S/C25H37N3O6/c1-5-18(13-21(29)30)26-22(31)17-7-6-10-28(15-17)23(32)20-14-19(20)16-8-11-27(12-9-16)24(33)34-25(2,3)4/h1,16-20H,6-15H2,2-4H3,(H,26,31)(H,29,30)/t17-,18-,19+,20-/m1/s1. The van der Waals surface area contributed by atoms with Crippen LogP contribution in [-0.4, -0.2) is 76.6 Å². The summed E-state index contributed by atoms with van der Waals surface area (Å²) in [5, 5.41) is 11.5. The summed E-state index contributed by atoms with van der Waals surface area (Å²) in [4.78, 5) is 52.5. The lowest BCUT2D eigenvalue weighted by Gasteiger charge is -2.34. The molecule has 0 spiro atoms. The molecule has 0 bridgehead atoms. The number of aliphatic carboxylic acids is 1. The van der Waals surface area contributed by atoms with E-state index in [9.17, 15) is 19.2 Å². The van der Waals surface area contributed by atoms with Crippen LogP contribution in [0.2, 0.25) is 0 Å². The number of rotatable bonds is 6. The van der Waals surface area contributed by atoms with Crippen LogP contribution in [0.1, 0.15) is 59.3 Å². The molecule has 3 amide bonds. The molecular formula is C25H37N3O6. The average molecular weight is 476 g/mol. The third-order valence-electron chi connectivity index (χ3n) is 6.95. The molecule has 1 aliphatic carbocycles. The predicted molar refractivity (Wildman–Crippen MR) is 124 cm³/mol. The first-order valence-electron chi connectivity index (χ1n) is 12.2. The molecule has 2 aliphatic heterocycles. The summed E-state index contributed by atoms with van der Waals surface area (Å²) in [5.41, 5.74) is -0.511. The lowest BCUT2D eigenvalue weighted by atomic mass is 9.90. The number of terminal acetylenes is 1. The van der Waals surface area contributed by atoms with Crippen LogP contribution >= 0.6 is 0 Å². The van der Waals surface area contributed by atoms with Crippen molar-refractivity contribution in [2.24, 2.45) is 23.7 Å². The quantitative estimate of drug-likeness (QED) is 0.569. The maximum Gasteiger partial charge on any atom is 0.410 e. The summed E-state index contributed by atoms with van der Waals surface area (Å²) in [5.74, 6) is 1.42. The number of hydrogen-bond acceptors (Lipinski definition) is 5. The van der Waals surface area contributed by atoms with Gasteiger partial charge in [0.15, 0.2) is 0 Å². The van der Waals surface area contributed by atoms with E-state index in [-0.39, 0.29) is 36.2 Å². The van der Waals surface area contributed by atoms with E-state index in [0.717, 1.165) is 25.7 Å². The van der Waals surface area contributed by atoms with E-state index >= 15 is 0 Å². The van der Waals surface area contributed by atoms with Gasteiger partial charge in [0, 0.05) is 32.1 Å². The maximum absolute atomic E-state index is 13.1. The molecule has 34 heavy (non-hydrogen) atoms. The molecule has 3 aliphatic rings. The van der Waals surface area contributed by atoms with E-state index in [1.807, 2.05) is 20.8 Å². The maximum atomic E-state index is 13.1. The molecule has 1 saturated carbocycles. The van der Waals surface area contributed by atoms with Gasteiger partial charge in [-0.15, -0.1) is 6.42 Å². The Labute approximate surface area is 201 Å². The molecule has 0 aromatic heterocycles. The van der Waals surface area contributed by atoms with Crippen LogP contribution in [0.3, 0.4) is 0 Å². The number of carbonyl (C=O) groups is 4. The Morgan fingerprint density at radius 3 is 2.38 bits per heavy atom. The highest BCUT2D eigenvalue weighted by Gasteiger charge is 2.50. The van der Waals surface area contributed by atoms with Crippen molar-refractivity contribution in [3.63, 3.8) is 0 Å². The Balaban J connectivity index is 1.45. The number of carboxylic acids is 1. The molecule has 2 saturated heterocycles. The van der Waals surface area contributed by atoms with E-state index in [2.05, 4.69) is 11.2 Å². The minimum Gasteiger partial charge on any atom is -0.481 e. The van der Waals surface area contributed by atoms with Crippen LogP contribution in [0.25, 0.3) is 0 Å². The molecule has 2 N–H and O–H groups in total. The van der Waals surface area contributed by atoms with Gasteiger partial charge in [-0.2, -0.15) is 0 Å². The second-order valence-electron chi connectivity index (χ2n) is 10.8. The first kappa shape index (κ1) is 25.9. The first-order chi connectivity index (χ1) is 16.0. The zero-order valence-electron chi connectivity index (χ0n) is 20.4. The minimum atomic E-state index is -1.07. The second kappa shape index (κ2) is 10.7. The Hall–Kier alpha value is -2.76. The molecule has 0 unspecified atom stereocenters. The van der Waals surface area contributed by atoms with Crippen molar-refractivity contribution in [3.8, 4) is 12.3 Å². The normalized spacial score (nSPS) is 26.2. The van der Waals surface area contributed by atoms with Gasteiger partial charge in [-0.05, 0) is 64.7 Å². The molecular weight excluding hydrogens is 438 g/mol. The third-order valence-corrected chi connectivity index (χ3v) is 6.95. The van der Waals surface area contributed by atoms with Crippen molar-refractivity contribution in [2.75, 3.05) is 26.2 Å². The number of carboxylic acid groups (broad SMARTS) is 1. The lowest BCUT2D eigenvalue weighted by molar-refractivity contribution is -0.137. The van der Waals surface area contributed by atoms with Gasteiger partial charge in [0.1, 0.15) is 11.6 Å². The highest BCUT2D eigenvalue weighted by Crippen LogP contribution is 2.49. The van der Waals surface area contributed by atoms with Gasteiger partial charge in [-0.3, -0.25) is 14.4 Å². The molecule has 188 valence electrons. The Morgan fingerprint density at radius 1 is 1.12 bits per heavy atom. The number of piperidine rings is 2. The largest absolute Gasteiger partial charge is 0.481 e. The Bertz CT molecular complexity index is 837. The summed E-state index contributed by atoms with van der Waals surface area (Å²) < 4.78 is 5.46. The summed E-state index contributed by atoms with van der Waals surface area (Å²) in [7, 11) is 0. The van der Waals surface area contributed by atoms with E-state index in [0.29, 0.717) is 44.4 Å². The van der Waals surface area contributed by atoms with Crippen LogP contribution in [0.4, 0.5) is 4.79 Å². The molecule has 0 radical (unpaired) electrons. The summed E-state index contributed by atoms with van der Waals surface area (Å²) in [6, 6.07) is -0.851. The van der Waals surface area contributed by atoms with E-state index in [1.54, 1.807) is 9.80 Å². The minimum absolute atomic E-state index is 0.00893. The summed E-state index contributed by atoms with van der Waals surface area (Å²) >= 11 is 0. The van der Waals surface area contributed by atoms with Crippen LogP contribution in [0.5, 0.6) is 0 Å². The smallest absolute Gasteiger partial charge is 0.410 e. The second-order valence-corrected chi connectivity index (χ2v) is 10.8. The Morgan fingerprint density at radius 2 is 1.79 bits per heavy atom. The monoisotopic (exact) mass is 475 g/mol. The van der Waals surface area contributed by atoms with Gasteiger partial charge in [-0.25, -0.2) is 4.79 Å². The lowest BCUT2D eigenvalue weighted by Crippen LogP contribution is -2.48. The molecule has 4 atom stereocenters. The number of carbonyl (C=O) groups excluding carboxylic acids is 3. The number of nitrogens with one attached hydrogen (secondary N) is 1. The molecule has 9 heteroatoms. The van der Waals surface area contributed by atoms with Crippen molar-refractivity contribution in [1.29, 1.82) is 0 Å². The number of likely N-dealkylation sites (tertiary alicyclic amines) is 2. The third kappa shape index (κ3) is 6.87. The highest BCUT2D eigenvalue weighted by atomic mass is 16.6. The van der Waals surface area contributed by atoms with Gasteiger partial charge in [0.05, 0.1) is 12.3 Å². The molecule has 9 nitrogen and oxygen atoms in total. The van der Waals surface area contributed by atoms with Gasteiger partial charge < -0.3 is 25.0 Å². The molecule has 3 rings (SSSR count). The fourth-order valence-corrected chi connectivity index (χ4v) is 5.10. The van der Waals surface area contributed by atoms with Crippen molar-refractivity contribution in [1.82, 2.24) is 15.1 Å². The van der Waals surface area contributed by atoms with Gasteiger partial charge in [0.25, 0.3) is 0 Å². The zero-order chi connectivity index (χ0) is 25.0. The predicted octanol–water partition coefficient (Wildman–Crippen LogP) is 2.10. The fourth-order valence-electron chi connectivity index (χ4n) is 5.10. The van der Waals surface area contributed by atoms with Crippen molar-refractivity contribution < 1.29 is 29.0 Å². The number of nitrogens with zero attached hydrogens (tertiary/aromatic N) is 2. The summed E-state index contributed by atoms with van der Waals surface area (Å²) in [6.07, 6.45) is 8.72.